The standard InChI is InChI=1S/C8H15NO/c1-2-3-4-8-7-10-6-5-9-8/h3-4,8-9H,2,5-7H2,1H3/b4-3+/t8-/m1/s1. The largest absolute Gasteiger partial charge is 0.378 e. The minimum absolute atomic E-state index is 0.452. The molecule has 0 saturated carbocycles. The molecule has 0 aromatic heterocycles. The van der Waals surface area contributed by atoms with Gasteiger partial charge in [0.1, 0.15) is 0 Å². The molecule has 0 amide bonds. The Morgan fingerprint density at radius 3 is 3.20 bits per heavy atom. The van der Waals surface area contributed by atoms with Crippen LogP contribution in [0.4, 0.5) is 0 Å². The molecule has 0 spiro atoms. The molecule has 1 heterocycles. The summed E-state index contributed by atoms with van der Waals surface area (Å²) in [6, 6.07) is 0.452. The van der Waals surface area contributed by atoms with Gasteiger partial charge in [0.2, 0.25) is 0 Å². The Bertz CT molecular complexity index is 106. The Labute approximate surface area is 62.3 Å². The van der Waals surface area contributed by atoms with Crippen LogP contribution in [0.15, 0.2) is 12.2 Å². The molecule has 0 aromatic rings. The van der Waals surface area contributed by atoms with Crippen molar-refractivity contribution in [2.45, 2.75) is 19.4 Å². The van der Waals surface area contributed by atoms with E-state index < -0.39 is 0 Å². The van der Waals surface area contributed by atoms with Crippen LogP contribution in [-0.2, 0) is 4.74 Å². The zero-order valence-electron chi connectivity index (χ0n) is 6.47. The summed E-state index contributed by atoms with van der Waals surface area (Å²) >= 11 is 0. The van der Waals surface area contributed by atoms with Crippen molar-refractivity contribution in [3.05, 3.63) is 12.2 Å². The third-order valence-electron chi connectivity index (χ3n) is 1.55. The van der Waals surface area contributed by atoms with Crippen molar-refractivity contribution in [2.24, 2.45) is 0 Å². The summed E-state index contributed by atoms with van der Waals surface area (Å²) in [4.78, 5) is 0. The maximum absolute atomic E-state index is 5.27. The number of hydrogen-bond donors (Lipinski definition) is 1. The van der Waals surface area contributed by atoms with Crippen molar-refractivity contribution in [2.75, 3.05) is 19.8 Å². The van der Waals surface area contributed by atoms with E-state index in [4.69, 9.17) is 4.74 Å². The van der Waals surface area contributed by atoms with Crippen molar-refractivity contribution in [3.8, 4) is 0 Å². The molecule has 0 bridgehead atoms. The van der Waals surface area contributed by atoms with Crippen LogP contribution in [0.25, 0.3) is 0 Å². The van der Waals surface area contributed by atoms with Crippen molar-refractivity contribution in [1.29, 1.82) is 0 Å². The lowest BCUT2D eigenvalue weighted by Gasteiger charge is -2.20. The average Bonchev–Trinajstić information content (AvgIpc) is 2.03. The van der Waals surface area contributed by atoms with Crippen LogP contribution in [0.1, 0.15) is 13.3 Å². The maximum Gasteiger partial charge on any atom is 0.0656 e. The molecule has 1 saturated heterocycles. The molecule has 10 heavy (non-hydrogen) atoms. The molecule has 0 aliphatic carbocycles. The molecule has 1 N–H and O–H groups in total. The first-order chi connectivity index (χ1) is 4.93. The number of rotatable bonds is 2. The fourth-order valence-electron chi connectivity index (χ4n) is 1.01. The second-order valence-electron chi connectivity index (χ2n) is 2.47. The third kappa shape index (κ3) is 2.50. The van der Waals surface area contributed by atoms with Crippen LogP contribution in [0, 0.1) is 0 Å². The highest BCUT2D eigenvalue weighted by Crippen LogP contribution is 1.94. The van der Waals surface area contributed by atoms with E-state index in [2.05, 4.69) is 24.4 Å². The molecular formula is C8H15NO. The molecular weight excluding hydrogens is 126 g/mol. The summed E-state index contributed by atoms with van der Waals surface area (Å²) in [7, 11) is 0. The van der Waals surface area contributed by atoms with E-state index in [1.807, 2.05) is 0 Å². The Morgan fingerprint density at radius 1 is 1.70 bits per heavy atom. The lowest BCUT2D eigenvalue weighted by molar-refractivity contribution is 0.0900. The van der Waals surface area contributed by atoms with E-state index in [1.165, 1.54) is 0 Å². The number of morpholine rings is 1. The molecule has 58 valence electrons. The number of hydrogen-bond acceptors (Lipinski definition) is 2. The quantitative estimate of drug-likeness (QED) is 0.578. The Kier molecular flexibility index (Phi) is 3.47. The van der Waals surface area contributed by atoms with Crippen molar-refractivity contribution >= 4 is 0 Å². The first-order valence-electron chi connectivity index (χ1n) is 3.91. The van der Waals surface area contributed by atoms with Gasteiger partial charge >= 0.3 is 0 Å². The van der Waals surface area contributed by atoms with Crippen LogP contribution in [0.3, 0.4) is 0 Å². The first-order valence-corrected chi connectivity index (χ1v) is 3.91. The van der Waals surface area contributed by atoms with E-state index in [1.54, 1.807) is 0 Å². The second-order valence-corrected chi connectivity index (χ2v) is 2.47. The highest BCUT2D eigenvalue weighted by molar-refractivity contribution is 4.93. The SMILES string of the molecule is CC/C=C/[C@@H]1COCCN1. The monoisotopic (exact) mass is 141 g/mol. The van der Waals surface area contributed by atoms with E-state index in [9.17, 15) is 0 Å². The minimum Gasteiger partial charge on any atom is -0.378 e. The number of allylic oxidation sites excluding steroid dienone is 1. The Morgan fingerprint density at radius 2 is 2.60 bits per heavy atom. The summed E-state index contributed by atoms with van der Waals surface area (Å²) < 4.78 is 5.27. The Hall–Kier alpha value is -0.340. The van der Waals surface area contributed by atoms with Gasteiger partial charge in [-0.3, -0.25) is 0 Å². The number of ether oxygens (including phenoxy) is 1. The van der Waals surface area contributed by atoms with E-state index in [0.717, 1.165) is 26.2 Å². The second kappa shape index (κ2) is 4.47. The van der Waals surface area contributed by atoms with Gasteiger partial charge in [-0.05, 0) is 6.42 Å². The van der Waals surface area contributed by atoms with E-state index in [-0.39, 0.29) is 0 Å². The molecule has 1 aliphatic rings. The van der Waals surface area contributed by atoms with Gasteiger partial charge in [0, 0.05) is 12.6 Å². The smallest absolute Gasteiger partial charge is 0.0656 e. The van der Waals surface area contributed by atoms with Gasteiger partial charge in [-0.15, -0.1) is 0 Å². The lowest BCUT2D eigenvalue weighted by Crippen LogP contribution is -2.39. The average molecular weight is 141 g/mol. The molecule has 0 aromatic carbocycles. The van der Waals surface area contributed by atoms with Gasteiger partial charge in [-0.25, -0.2) is 0 Å². The van der Waals surface area contributed by atoms with Gasteiger partial charge in [0.05, 0.1) is 13.2 Å². The number of nitrogens with one attached hydrogen (secondary N) is 1. The van der Waals surface area contributed by atoms with Crippen LogP contribution < -0.4 is 5.32 Å². The van der Waals surface area contributed by atoms with Crippen LogP contribution >= 0.6 is 0 Å². The maximum atomic E-state index is 5.27. The van der Waals surface area contributed by atoms with Crippen molar-refractivity contribution < 1.29 is 4.74 Å². The highest BCUT2D eigenvalue weighted by Gasteiger charge is 2.07. The van der Waals surface area contributed by atoms with Gasteiger partial charge in [0.25, 0.3) is 0 Å². The third-order valence-corrected chi connectivity index (χ3v) is 1.55. The minimum atomic E-state index is 0.452. The molecule has 0 unspecified atom stereocenters. The van der Waals surface area contributed by atoms with Gasteiger partial charge in [-0.2, -0.15) is 0 Å². The predicted octanol–water partition coefficient (Wildman–Crippen LogP) is 0.941. The first kappa shape index (κ1) is 7.76. The van der Waals surface area contributed by atoms with E-state index >= 15 is 0 Å². The fourth-order valence-corrected chi connectivity index (χ4v) is 1.01. The molecule has 1 rings (SSSR count). The highest BCUT2D eigenvalue weighted by atomic mass is 16.5. The summed E-state index contributed by atoms with van der Waals surface area (Å²) in [6.07, 6.45) is 5.46. The Balaban J connectivity index is 2.19. The molecule has 2 heteroatoms. The molecule has 0 radical (unpaired) electrons. The summed E-state index contributed by atoms with van der Waals surface area (Å²) in [5, 5.41) is 3.34. The molecule has 2 nitrogen and oxygen atoms in total. The topological polar surface area (TPSA) is 21.3 Å². The molecule has 1 fully saturated rings. The van der Waals surface area contributed by atoms with Crippen LogP contribution in [0.2, 0.25) is 0 Å². The molecule has 1 aliphatic heterocycles. The van der Waals surface area contributed by atoms with Gasteiger partial charge in [-0.1, -0.05) is 19.1 Å². The van der Waals surface area contributed by atoms with Crippen LogP contribution in [-0.4, -0.2) is 25.8 Å². The van der Waals surface area contributed by atoms with Crippen LogP contribution in [0.5, 0.6) is 0 Å². The van der Waals surface area contributed by atoms with Gasteiger partial charge in [0.15, 0.2) is 0 Å². The summed E-state index contributed by atoms with van der Waals surface area (Å²) in [5.41, 5.74) is 0. The zero-order chi connectivity index (χ0) is 7.23. The van der Waals surface area contributed by atoms with E-state index in [0.29, 0.717) is 6.04 Å². The normalized spacial score (nSPS) is 27.5. The summed E-state index contributed by atoms with van der Waals surface area (Å²) in [6.45, 7) is 4.81. The fraction of sp³-hybridized carbons (Fsp3) is 0.750. The van der Waals surface area contributed by atoms with Crippen molar-refractivity contribution in [3.63, 3.8) is 0 Å². The summed E-state index contributed by atoms with van der Waals surface area (Å²) in [5.74, 6) is 0. The molecule has 1 atom stereocenters. The lowest BCUT2D eigenvalue weighted by atomic mass is 10.2. The zero-order valence-corrected chi connectivity index (χ0v) is 6.47. The van der Waals surface area contributed by atoms with Crippen molar-refractivity contribution in [1.82, 2.24) is 5.32 Å². The van der Waals surface area contributed by atoms with Gasteiger partial charge < -0.3 is 10.1 Å². The predicted molar refractivity (Wildman–Crippen MR) is 42.0 cm³/mol.